The molecule has 100 valence electrons. The molecule has 1 aromatic rings. The Morgan fingerprint density at radius 1 is 1.44 bits per heavy atom. The largest absolute Gasteiger partial charge is 0.392 e. The first-order chi connectivity index (χ1) is 8.81. The molecule has 1 aliphatic heterocycles. The normalized spacial score (nSPS) is 20.4. The number of nitrogens with one attached hydrogen (secondary N) is 1. The first-order valence-corrected chi connectivity index (χ1v) is 6.89. The van der Waals surface area contributed by atoms with E-state index in [2.05, 4.69) is 30.4 Å². The molecule has 3 nitrogen and oxygen atoms in total. The van der Waals surface area contributed by atoms with Crippen molar-refractivity contribution < 1.29 is 9.84 Å². The van der Waals surface area contributed by atoms with Crippen LogP contribution in [0, 0.1) is 0 Å². The van der Waals surface area contributed by atoms with Crippen LogP contribution in [0.5, 0.6) is 0 Å². The molecule has 2 unspecified atom stereocenters. The van der Waals surface area contributed by atoms with Gasteiger partial charge in [-0.05, 0) is 30.5 Å². The standard InChI is InChI=1S/C15H23NO2/c1-2-8-16-11-13(17)10-15-14-6-4-3-5-12(14)7-9-18-15/h3-6,13,15-17H,2,7-11H2,1H3. The van der Waals surface area contributed by atoms with Gasteiger partial charge in [0.25, 0.3) is 0 Å². The summed E-state index contributed by atoms with van der Waals surface area (Å²) < 4.78 is 5.79. The molecule has 0 fully saturated rings. The fourth-order valence-corrected chi connectivity index (χ4v) is 2.45. The van der Waals surface area contributed by atoms with E-state index in [-0.39, 0.29) is 12.2 Å². The molecule has 1 aliphatic rings. The number of aliphatic hydroxyl groups excluding tert-OH is 1. The van der Waals surface area contributed by atoms with Crippen LogP contribution in [0.15, 0.2) is 24.3 Å². The second-order valence-corrected chi connectivity index (χ2v) is 4.90. The maximum Gasteiger partial charge on any atom is 0.0852 e. The van der Waals surface area contributed by atoms with Crippen molar-refractivity contribution in [2.75, 3.05) is 19.7 Å². The van der Waals surface area contributed by atoms with Crippen molar-refractivity contribution in [2.24, 2.45) is 0 Å². The van der Waals surface area contributed by atoms with Crippen LogP contribution < -0.4 is 5.32 Å². The Kier molecular flexibility index (Phi) is 5.17. The number of hydrogen-bond acceptors (Lipinski definition) is 3. The summed E-state index contributed by atoms with van der Waals surface area (Å²) in [6.45, 7) is 4.49. The van der Waals surface area contributed by atoms with Gasteiger partial charge in [0.15, 0.2) is 0 Å². The van der Waals surface area contributed by atoms with E-state index in [0.29, 0.717) is 13.0 Å². The lowest BCUT2D eigenvalue weighted by Gasteiger charge is -2.27. The number of hydrogen-bond donors (Lipinski definition) is 2. The van der Waals surface area contributed by atoms with Gasteiger partial charge in [0.1, 0.15) is 0 Å². The van der Waals surface area contributed by atoms with Gasteiger partial charge in [0.05, 0.1) is 18.8 Å². The van der Waals surface area contributed by atoms with Gasteiger partial charge in [0.2, 0.25) is 0 Å². The highest BCUT2D eigenvalue weighted by molar-refractivity contribution is 5.30. The van der Waals surface area contributed by atoms with Crippen molar-refractivity contribution in [1.29, 1.82) is 0 Å². The number of rotatable bonds is 6. The fourth-order valence-electron chi connectivity index (χ4n) is 2.45. The lowest BCUT2D eigenvalue weighted by molar-refractivity contribution is 0.00470. The van der Waals surface area contributed by atoms with Gasteiger partial charge in [-0.15, -0.1) is 0 Å². The van der Waals surface area contributed by atoms with Crippen LogP contribution in [0.25, 0.3) is 0 Å². The van der Waals surface area contributed by atoms with E-state index in [4.69, 9.17) is 4.74 Å². The maximum absolute atomic E-state index is 10.0. The van der Waals surface area contributed by atoms with Crippen LogP contribution in [-0.2, 0) is 11.2 Å². The molecular weight excluding hydrogens is 226 g/mol. The van der Waals surface area contributed by atoms with Crippen molar-refractivity contribution in [2.45, 2.75) is 38.4 Å². The van der Waals surface area contributed by atoms with Gasteiger partial charge >= 0.3 is 0 Å². The Hall–Kier alpha value is -0.900. The fraction of sp³-hybridized carbons (Fsp3) is 0.600. The Bertz CT molecular complexity index is 367. The summed E-state index contributed by atoms with van der Waals surface area (Å²) in [6, 6.07) is 8.39. The molecule has 0 aromatic heterocycles. The lowest BCUT2D eigenvalue weighted by Crippen LogP contribution is -2.30. The summed E-state index contributed by atoms with van der Waals surface area (Å²) in [5.41, 5.74) is 2.61. The van der Waals surface area contributed by atoms with E-state index in [1.165, 1.54) is 11.1 Å². The van der Waals surface area contributed by atoms with Gasteiger partial charge < -0.3 is 15.2 Å². The van der Waals surface area contributed by atoms with Gasteiger partial charge in [-0.25, -0.2) is 0 Å². The SMILES string of the molecule is CCCNCC(O)CC1OCCc2ccccc21. The minimum Gasteiger partial charge on any atom is -0.392 e. The molecule has 0 aliphatic carbocycles. The Morgan fingerprint density at radius 3 is 3.11 bits per heavy atom. The summed E-state index contributed by atoms with van der Waals surface area (Å²) in [5.74, 6) is 0. The first kappa shape index (κ1) is 13.5. The molecule has 0 saturated carbocycles. The van der Waals surface area contributed by atoms with Gasteiger partial charge in [-0.3, -0.25) is 0 Å². The maximum atomic E-state index is 10.0. The van der Waals surface area contributed by atoms with Crippen LogP contribution in [0.3, 0.4) is 0 Å². The summed E-state index contributed by atoms with van der Waals surface area (Å²) in [5, 5.41) is 13.3. The van der Waals surface area contributed by atoms with Crippen LogP contribution in [0.4, 0.5) is 0 Å². The zero-order valence-electron chi connectivity index (χ0n) is 11.1. The Morgan fingerprint density at radius 2 is 2.28 bits per heavy atom. The molecule has 0 bridgehead atoms. The number of aliphatic hydroxyl groups is 1. The second-order valence-electron chi connectivity index (χ2n) is 4.90. The molecular formula is C15H23NO2. The molecule has 2 N–H and O–H groups in total. The molecule has 0 spiro atoms. The Labute approximate surface area is 109 Å². The molecule has 18 heavy (non-hydrogen) atoms. The third-order valence-electron chi connectivity index (χ3n) is 3.39. The minimum atomic E-state index is -0.340. The third kappa shape index (κ3) is 3.55. The first-order valence-electron chi connectivity index (χ1n) is 6.89. The van der Waals surface area contributed by atoms with Gasteiger partial charge in [-0.2, -0.15) is 0 Å². The topological polar surface area (TPSA) is 41.5 Å². The lowest BCUT2D eigenvalue weighted by atomic mass is 9.94. The van der Waals surface area contributed by atoms with Crippen molar-refractivity contribution in [1.82, 2.24) is 5.32 Å². The molecule has 2 atom stereocenters. The van der Waals surface area contributed by atoms with E-state index in [1.807, 2.05) is 6.07 Å². The van der Waals surface area contributed by atoms with Gasteiger partial charge in [0, 0.05) is 13.0 Å². The number of fused-ring (bicyclic) bond motifs is 1. The summed E-state index contributed by atoms with van der Waals surface area (Å²) in [4.78, 5) is 0. The smallest absolute Gasteiger partial charge is 0.0852 e. The predicted molar refractivity (Wildman–Crippen MR) is 72.6 cm³/mol. The quantitative estimate of drug-likeness (QED) is 0.758. The monoisotopic (exact) mass is 249 g/mol. The van der Waals surface area contributed by atoms with Crippen LogP contribution in [0.2, 0.25) is 0 Å². The summed E-state index contributed by atoms with van der Waals surface area (Å²) >= 11 is 0. The van der Waals surface area contributed by atoms with E-state index in [0.717, 1.165) is 26.0 Å². The van der Waals surface area contributed by atoms with Crippen molar-refractivity contribution in [3.05, 3.63) is 35.4 Å². The Balaban J connectivity index is 1.90. The number of benzene rings is 1. The molecule has 3 heteroatoms. The summed E-state index contributed by atoms with van der Waals surface area (Å²) in [7, 11) is 0. The molecule has 2 rings (SSSR count). The van der Waals surface area contributed by atoms with Crippen LogP contribution in [-0.4, -0.2) is 30.9 Å². The molecule has 1 heterocycles. The van der Waals surface area contributed by atoms with Crippen LogP contribution >= 0.6 is 0 Å². The molecule has 0 saturated heterocycles. The zero-order chi connectivity index (χ0) is 12.8. The second kappa shape index (κ2) is 6.88. The highest BCUT2D eigenvalue weighted by Gasteiger charge is 2.22. The molecule has 0 amide bonds. The van der Waals surface area contributed by atoms with E-state index in [9.17, 15) is 5.11 Å². The third-order valence-corrected chi connectivity index (χ3v) is 3.39. The predicted octanol–water partition coefficient (Wildman–Crippen LogP) is 2.05. The molecule has 0 radical (unpaired) electrons. The van der Waals surface area contributed by atoms with Crippen molar-refractivity contribution in [3.8, 4) is 0 Å². The minimum absolute atomic E-state index is 0.0494. The van der Waals surface area contributed by atoms with Crippen LogP contribution in [0.1, 0.15) is 37.0 Å². The average molecular weight is 249 g/mol. The van der Waals surface area contributed by atoms with E-state index < -0.39 is 0 Å². The average Bonchev–Trinajstić information content (AvgIpc) is 2.39. The van der Waals surface area contributed by atoms with Crippen molar-refractivity contribution >= 4 is 0 Å². The molecule has 1 aromatic carbocycles. The number of ether oxygens (including phenoxy) is 1. The zero-order valence-corrected chi connectivity index (χ0v) is 11.1. The van der Waals surface area contributed by atoms with Crippen molar-refractivity contribution in [3.63, 3.8) is 0 Å². The van der Waals surface area contributed by atoms with E-state index >= 15 is 0 Å². The highest BCUT2D eigenvalue weighted by Crippen LogP contribution is 2.30. The van der Waals surface area contributed by atoms with Gasteiger partial charge in [-0.1, -0.05) is 31.2 Å². The summed E-state index contributed by atoms with van der Waals surface area (Å²) in [6.07, 6.45) is 2.46. The highest BCUT2D eigenvalue weighted by atomic mass is 16.5. The van der Waals surface area contributed by atoms with E-state index in [1.54, 1.807) is 0 Å².